The Labute approximate surface area is 168 Å². The van der Waals surface area contributed by atoms with Crippen molar-refractivity contribution >= 4 is 28.0 Å². The van der Waals surface area contributed by atoms with Crippen molar-refractivity contribution in [2.24, 2.45) is 4.99 Å². The zero-order valence-electron chi connectivity index (χ0n) is 16.1. The second-order valence-electron chi connectivity index (χ2n) is 7.27. The summed E-state index contributed by atoms with van der Waals surface area (Å²) in [4.78, 5) is 19.6. The number of carbonyl (C=O) groups excluding carboxylic acids is 1. The minimum absolute atomic E-state index is 0.0561. The first-order chi connectivity index (χ1) is 13.7. The van der Waals surface area contributed by atoms with E-state index >= 15 is 0 Å². The fourth-order valence-electron chi connectivity index (χ4n) is 3.60. The van der Waals surface area contributed by atoms with Crippen molar-refractivity contribution in [2.45, 2.75) is 25.5 Å². The highest BCUT2D eigenvalue weighted by Crippen LogP contribution is 2.19. The van der Waals surface area contributed by atoms with Gasteiger partial charge in [0.15, 0.2) is 4.80 Å². The van der Waals surface area contributed by atoms with Gasteiger partial charge in [-0.2, -0.15) is 4.99 Å². The van der Waals surface area contributed by atoms with E-state index in [-0.39, 0.29) is 18.6 Å². The van der Waals surface area contributed by atoms with Crippen molar-refractivity contribution in [1.82, 2.24) is 9.47 Å². The first kappa shape index (κ1) is 19.1. The van der Waals surface area contributed by atoms with Crippen LogP contribution in [0.15, 0.2) is 59.0 Å². The Morgan fingerprint density at radius 1 is 1.18 bits per heavy atom. The minimum Gasteiger partial charge on any atom is -0.368 e. The molecule has 6 heteroatoms. The van der Waals surface area contributed by atoms with Gasteiger partial charge in [0.25, 0.3) is 5.91 Å². The largest absolute Gasteiger partial charge is 0.368 e. The van der Waals surface area contributed by atoms with Crippen molar-refractivity contribution in [1.29, 1.82) is 0 Å². The summed E-state index contributed by atoms with van der Waals surface area (Å²) in [6.07, 6.45) is 4.10. The number of piperidine rings is 1. The number of likely N-dealkylation sites (tertiary alicyclic amines) is 1. The molecule has 2 aromatic carbocycles. The summed E-state index contributed by atoms with van der Waals surface area (Å²) in [7, 11) is 2.11. The van der Waals surface area contributed by atoms with Gasteiger partial charge in [0, 0.05) is 24.7 Å². The van der Waals surface area contributed by atoms with Crippen LogP contribution >= 0.6 is 11.3 Å². The quantitative estimate of drug-likeness (QED) is 0.666. The molecule has 2 heterocycles. The molecule has 1 fully saturated rings. The lowest BCUT2D eigenvalue weighted by atomic mass is 10.0. The van der Waals surface area contributed by atoms with Crippen LogP contribution in [0.5, 0.6) is 0 Å². The van der Waals surface area contributed by atoms with E-state index in [2.05, 4.69) is 53.3 Å². The van der Waals surface area contributed by atoms with Gasteiger partial charge in [-0.3, -0.25) is 4.79 Å². The molecule has 28 heavy (non-hydrogen) atoms. The average molecular weight is 396 g/mol. The monoisotopic (exact) mass is 395 g/mol. The number of carbonyl (C=O) groups is 1. The van der Waals surface area contributed by atoms with E-state index in [0.29, 0.717) is 11.3 Å². The summed E-state index contributed by atoms with van der Waals surface area (Å²) in [5.41, 5.74) is 1.22. The fourth-order valence-corrected chi connectivity index (χ4v) is 4.35. The normalized spacial score (nSPS) is 16.7. The maximum Gasteiger partial charge on any atom is 0.274 e. The van der Waals surface area contributed by atoms with Crippen LogP contribution in [0.2, 0.25) is 0 Å². The van der Waals surface area contributed by atoms with E-state index in [1.54, 1.807) is 0 Å². The summed E-state index contributed by atoms with van der Waals surface area (Å²) >= 11 is 1.48. The summed E-state index contributed by atoms with van der Waals surface area (Å²) < 4.78 is 7.81. The van der Waals surface area contributed by atoms with Crippen LogP contribution in [0.1, 0.15) is 18.4 Å². The van der Waals surface area contributed by atoms with Crippen molar-refractivity contribution in [3.05, 3.63) is 64.4 Å². The Hall–Kier alpha value is -2.28. The molecule has 0 aliphatic carbocycles. The lowest BCUT2D eigenvalue weighted by molar-refractivity contribution is -0.125. The Bertz CT molecular complexity index is 1010. The summed E-state index contributed by atoms with van der Waals surface area (Å²) in [6, 6.07) is 14.7. The predicted molar refractivity (Wildman–Crippen MR) is 112 cm³/mol. The van der Waals surface area contributed by atoms with Crippen LogP contribution in [0.4, 0.5) is 0 Å². The van der Waals surface area contributed by atoms with Gasteiger partial charge < -0.3 is 14.2 Å². The maximum absolute atomic E-state index is 12.3. The SMILES string of the molecule is CN1CCC(OCC(=O)N=c2sccn2Cc2cccc3ccccc23)CC1. The first-order valence-corrected chi connectivity index (χ1v) is 10.6. The number of amides is 1. The molecular formula is C22H25N3O2S. The first-order valence-electron chi connectivity index (χ1n) is 9.67. The zero-order valence-corrected chi connectivity index (χ0v) is 16.9. The number of fused-ring (bicyclic) bond motifs is 1. The molecule has 0 N–H and O–H groups in total. The molecule has 1 amide bonds. The molecule has 146 valence electrons. The number of ether oxygens (including phenoxy) is 1. The van der Waals surface area contributed by atoms with Gasteiger partial charge in [0.1, 0.15) is 6.61 Å². The number of benzene rings is 2. The average Bonchev–Trinajstić information content (AvgIpc) is 3.14. The molecule has 0 unspecified atom stereocenters. The van der Waals surface area contributed by atoms with Gasteiger partial charge >= 0.3 is 0 Å². The smallest absolute Gasteiger partial charge is 0.274 e. The Balaban J connectivity index is 1.45. The van der Waals surface area contributed by atoms with E-state index in [0.717, 1.165) is 25.9 Å². The molecule has 1 aromatic heterocycles. The fraction of sp³-hybridized carbons (Fsp3) is 0.364. The van der Waals surface area contributed by atoms with Crippen LogP contribution in [0, 0.1) is 0 Å². The third kappa shape index (κ3) is 4.58. The predicted octanol–water partition coefficient (Wildman–Crippen LogP) is 3.29. The molecule has 0 bridgehead atoms. The number of nitrogens with zero attached hydrogens (tertiary/aromatic N) is 3. The molecule has 1 aliphatic rings. The highest BCUT2D eigenvalue weighted by atomic mass is 32.1. The van der Waals surface area contributed by atoms with Gasteiger partial charge in [-0.05, 0) is 36.2 Å². The molecule has 1 aliphatic heterocycles. The van der Waals surface area contributed by atoms with Gasteiger partial charge in [0.2, 0.25) is 0 Å². The van der Waals surface area contributed by atoms with Crippen molar-refractivity contribution in [3.63, 3.8) is 0 Å². The molecule has 5 nitrogen and oxygen atoms in total. The van der Waals surface area contributed by atoms with Gasteiger partial charge in [-0.15, -0.1) is 11.3 Å². The van der Waals surface area contributed by atoms with Gasteiger partial charge in [0.05, 0.1) is 12.6 Å². The number of hydrogen-bond donors (Lipinski definition) is 0. The Kier molecular flexibility index (Phi) is 6.00. The van der Waals surface area contributed by atoms with E-state index in [4.69, 9.17) is 4.74 Å². The topological polar surface area (TPSA) is 46.8 Å². The minimum atomic E-state index is -0.215. The highest BCUT2D eigenvalue weighted by molar-refractivity contribution is 7.07. The summed E-state index contributed by atoms with van der Waals surface area (Å²) in [6.45, 7) is 2.78. The van der Waals surface area contributed by atoms with Crippen LogP contribution in [0.25, 0.3) is 10.8 Å². The van der Waals surface area contributed by atoms with Crippen molar-refractivity contribution in [2.75, 3.05) is 26.7 Å². The van der Waals surface area contributed by atoms with E-state index in [1.165, 1.54) is 27.7 Å². The number of hydrogen-bond acceptors (Lipinski definition) is 4. The lowest BCUT2D eigenvalue weighted by Crippen LogP contribution is -2.35. The zero-order chi connectivity index (χ0) is 19.3. The van der Waals surface area contributed by atoms with Crippen LogP contribution in [-0.4, -0.2) is 48.2 Å². The second kappa shape index (κ2) is 8.82. The molecule has 0 atom stereocenters. The van der Waals surface area contributed by atoms with Crippen LogP contribution < -0.4 is 4.80 Å². The number of thiazole rings is 1. The van der Waals surface area contributed by atoms with Crippen molar-refractivity contribution in [3.8, 4) is 0 Å². The summed E-state index contributed by atoms with van der Waals surface area (Å²) in [5, 5.41) is 4.42. The molecule has 3 aromatic rings. The number of aromatic nitrogens is 1. The number of rotatable bonds is 5. The molecule has 0 radical (unpaired) electrons. The molecular weight excluding hydrogens is 370 g/mol. The molecule has 1 saturated heterocycles. The van der Waals surface area contributed by atoms with Crippen LogP contribution in [0.3, 0.4) is 0 Å². The van der Waals surface area contributed by atoms with Crippen LogP contribution in [-0.2, 0) is 16.1 Å². The Morgan fingerprint density at radius 3 is 2.82 bits per heavy atom. The van der Waals surface area contributed by atoms with E-state index in [9.17, 15) is 4.79 Å². The Morgan fingerprint density at radius 2 is 1.96 bits per heavy atom. The lowest BCUT2D eigenvalue weighted by Gasteiger charge is -2.28. The third-order valence-electron chi connectivity index (χ3n) is 5.21. The molecule has 0 spiro atoms. The van der Waals surface area contributed by atoms with E-state index < -0.39 is 0 Å². The highest BCUT2D eigenvalue weighted by Gasteiger charge is 2.18. The van der Waals surface area contributed by atoms with E-state index in [1.807, 2.05) is 22.2 Å². The van der Waals surface area contributed by atoms with Gasteiger partial charge in [-0.1, -0.05) is 42.5 Å². The second-order valence-corrected chi connectivity index (χ2v) is 8.14. The van der Waals surface area contributed by atoms with Crippen molar-refractivity contribution < 1.29 is 9.53 Å². The molecule has 4 rings (SSSR count). The molecule has 0 saturated carbocycles. The maximum atomic E-state index is 12.3. The standard InChI is InChI=1S/C22H25N3O2S/c1-24-11-9-19(10-12-24)27-16-21(26)23-22-25(13-14-28-22)15-18-7-4-6-17-5-2-3-8-20(17)18/h2-8,13-14,19H,9-12,15-16H2,1H3. The third-order valence-corrected chi connectivity index (χ3v) is 6.00. The summed E-state index contributed by atoms with van der Waals surface area (Å²) in [5.74, 6) is -0.215. The van der Waals surface area contributed by atoms with Gasteiger partial charge in [-0.25, -0.2) is 0 Å².